The summed E-state index contributed by atoms with van der Waals surface area (Å²) in [5.41, 5.74) is 0.0633. The summed E-state index contributed by atoms with van der Waals surface area (Å²) in [6, 6.07) is 0. The van der Waals surface area contributed by atoms with Gasteiger partial charge >= 0.3 is 0 Å². The summed E-state index contributed by atoms with van der Waals surface area (Å²) in [6.45, 7) is 0. The number of oxime groups is 1. The second-order valence-electron chi connectivity index (χ2n) is 1.26. The highest BCUT2D eigenvalue weighted by Crippen LogP contribution is 2.05. The molecule has 0 aliphatic rings. The van der Waals surface area contributed by atoms with Crippen molar-refractivity contribution in [2.24, 2.45) is 5.16 Å². The van der Waals surface area contributed by atoms with Crippen LogP contribution in [0.15, 0.2) is 5.16 Å². The van der Waals surface area contributed by atoms with E-state index in [1.165, 1.54) is 0 Å². The van der Waals surface area contributed by atoms with Crippen LogP contribution in [0.25, 0.3) is 0 Å². The average Bonchev–Trinajstić information content (AvgIpc) is 1.82. The predicted molar refractivity (Wildman–Crippen MR) is 35.4 cm³/mol. The summed E-state index contributed by atoms with van der Waals surface area (Å²) < 4.78 is 0. The first-order valence-corrected chi connectivity index (χ1v) is 3.02. The molecule has 5 heteroatoms. The van der Waals surface area contributed by atoms with Crippen LogP contribution in [0.1, 0.15) is 6.42 Å². The second kappa shape index (κ2) is 4.58. The number of hydrogen-bond acceptors (Lipinski definition) is 3. The fourth-order valence-corrected chi connectivity index (χ4v) is 0.524. The Hall–Kier alpha value is -0.280. The number of halogens is 2. The van der Waals surface area contributed by atoms with Gasteiger partial charge in [-0.2, -0.15) is 0 Å². The number of rotatable bonds is 3. The van der Waals surface area contributed by atoms with Gasteiger partial charge in [0, 0.05) is 6.42 Å². The van der Waals surface area contributed by atoms with E-state index in [0.29, 0.717) is 6.29 Å². The SMILES string of the molecule is O=CCC(=NO)C(Cl)Cl. The minimum absolute atomic E-state index is 0.0336. The molecular weight excluding hydrogens is 165 g/mol. The molecule has 9 heavy (non-hydrogen) atoms. The number of carbonyl (C=O) groups is 1. The van der Waals surface area contributed by atoms with Crippen LogP contribution >= 0.6 is 23.2 Å². The van der Waals surface area contributed by atoms with Crippen molar-refractivity contribution in [1.29, 1.82) is 0 Å². The molecule has 52 valence electrons. The van der Waals surface area contributed by atoms with E-state index in [9.17, 15) is 4.79 Å². The Balaban J connectivity index is 3.84. The second-order valence-corrected chi connectivity index (χ2v) is 2.36. The number of hydrogen-bond donors (Lipinski definition) is 1. The molecule has 1 N–H and O–H groups in total. The molecule has 0 aromatic rings. The fraction of sp³-hybridized carbons (Fsp3) is 0.500. The Labute approximate surface area is 62.2 Å². The fourth-order valence-electron chi connectivity index (χ4n) is 0.259. The van der Waals surface area contributed by atoms with E-state index in [1.807, 2.05) is 0 Å². The lowest BCUT2D eigenvalue weighted by molar-refractivity contribution is -0.106. The van der Waals surface area contributed by atoms with Gasteiger partial charge in [-0.05, 0) is 0 Å². The zero-order chi connectivity index (χ0) is 7.28. The Bertz CT molecular complexity index is 124. The molecule has 0 aromatic heterocycles. The lowest BCUT2D eigenvalue weighted by Gasteiger charge is -1.96. The van der Waals surface area contributed by atoms with E-state index in [4.69, 9.17) is 28.4 Å². The molecule has 0 aromatic carbocycles. The molecule has 0 saturated carbocycles. The highest BCUT2D eigenvalue weighted by Gasteiger charge is 2.07. The van der Waals surface area contributed by atoms with Crippen LogP contribution in [0.3, 0.4) is 0 Å². The van der Waals surface area contributed by atoms with Gasteiger partial charge in [0.15, 0.2) is 0 Å². The van der Waals surface area contributed by atoms with Gasteiger partial charge in [-0.1, -0.05) is 28.4 Å². The third-order valence-electron chi connectivity index (χ3n) is 0.673. The molecule has 0 radical (unpaired) electrons. The quantitative estimate of drug-likeness (QED) is 0.227. The van der Waals surface area contributed by atoms with Crippen LogP contribution in [-0.4, -0.2) is 22.0 Å². The maximum atomic E-state index is 9.77. The normalized spacial score (nSPS) is 12.1. The van der Waals surface area contributed by atoms with E-state index < -0.39 is 4.84 Å². The summed E-state index contributed by atoms with van der Waals surface area (Å²) >= 11 is 10.5. The summed E-state index contributed by atoms with van der Waals surface area (Å²) in [5.74, 6) is 0. The van der Waals surface area contributed by atoms with Crippen molar-refractivity contribution < 1.29 is 10.0 Å². The van der Waals surface area contributed by atoms with Gasteiger partial charge in [0.2, 0.25) is 0 Å². The lowest BCUT2D eigenvalue weighted by atomic mass is 10.3. The summed E-state index contributed by atoms with van der Waals surface area (Å²) in [4.78, 5) is 8.87. The van der Waals surface area contributed by atoms with Crippen LogP contribution in [0.5, 0.6) is 0 Å². The van der Waals surface area contributed by atoms with E-state index in [-0.39, 0.29) is 12.1 Å². The van der Waals surface area contributed by atoms with E-state index in [0.717, 1.165) is 0 Å². The third-order valence-corrected chi connectivity index (χ3v) is 1.18. The van der Waals surface area contributed by atoms with Crippen LogP contribution in [-0.2, 0) is 4.79 Å². The van der Waals surface area contributed by atoms with Crippen molar-refractivity contribution in [3.8, 4) is 0 Å². The molecular formula is C4H5Cl2NO2. The minimum atomic E-state index is -0.903. The minimum Gasteiger partial charge on any atom is -0.411 e. The van der Waals surface area contributed by atoms with E-state index in [2.05, 4.69) is 5.16 Å². The van der Waals surface area contributed by atoms with Gasteiger partial charge in [0.1, 0.15) is 11.1 Å². The number of alkyl halides is 2. The molecule has 0 atom stereocenters. The maximum absolute atomic E-state index is 9.77. The monoisotopic (exact) mass is 169 g/mol. The van der Waals surface area contributed by atoms with Crippen molar-refractivity contribution in [2.45, 2.75) is 11.3 Å². The van der Waals surface area contributed by atoms with Gasteiger partial charge in [-0.25, -0.2) is 0 Å². The molecule has 0 rings (SSSR count). The standard InChI is InChI=1S/C4H5Cl2NO2/c5-4(6)3(7-9)1-2-8/h2,4,9H,1H2. The van der Waals surface area contributed by atoms with Crippen molar-refractivity contribution in [3.05, 3.63) is 0 Å². The first-order chi connectivity index (χ1) is 4.22. The largest absolute Gasteiger partial charge is 0.411 e. The zero-order valence-corrected chi connectivity index (χ0v) is 5.93. The van der Waals surface area contributed by atoms with Crippen LogP contribution < -0.4 is 0 Å². The first-order valence-electron chi connectivity index (χ1n) is 2.15. The van der Waals surface area contributed by atoms with E-state index >= 15 is 0 Å². The zero-order valence-electron chi connectivity index (χ0n) is 4.42. The molecule has 0 saturated heterocycles. The highest BCUT2D eigenvalue weighted by molar-refractivity contribution is 6.54. The van der Waals surface area contributed by atoms with Crippen molar-refractivity contribution in [1.82, 2.24) is 0 Å². The topological polar surface area (TPSA) is 49.7 Å². The van der Waals surface area contributed by atoms with Crippen molar-refractivity contribution in [2.75, 3.05) is 0 Å². The molecule has 0 spiro atoms. The number of aldehydes is 1. The molecule has 0 heterocycles. The summed E-state index contributed by atoms with van der Waals surface area (Å²) in [5, 5.41) is 10.8. The van der Waals surface area contributed by atoms with Crippen LogP contribution in [0.2, 0.25) is 0 Å². The van der Waals surface area contributed by atoms with Gasteiger partial charge in [-0.3, -0.25) is 0 Å². The maximum Gasteiger partial charge on any atom is 0.149 e. The van der Waals surface area contributed by atoms with Gasteiger partial charge in [0.25, 0.3) is 0 Å². The Morgan fingerprint density at radius 3 is 2.44 bits per heavy atom. The number of carbonyl (C=O) groups excluding carboxylic acids is 1. The smallest absolute Gasteiger partial charge is 0.149 e. The van der Waals surface area contributed by atoms with Gasteiger partial charge < -0.3 is 10.0 Å². The Morgan fingerprint density at radius 1 is 1.78 bits per heavy atom. The predicted octanol–water partition coefficient (Wildman–Crippen LogP) is 1.21. The third kappa shape index (κ3) is 3.32. The molecule has 0 unspecified atom stereocenters. The van der Waals surface area contributed by atoms with Crippen LogP contribution in [0.4, 0.5) is 0 Å². The molecule has 0 fully saturated rings. The number of nitrogens with zero attached hydrogens (tertiary/aromatic N) is 1. The Morgan fingerprint density at radius 2 is 2.33 bits per heavy atom. The average molecular weight is 170 g/mol. The molecule has 0 aliphatic heterocycles. The van der Waals surface area contributed by atoms with Gasteiger partial charge in [0.05, 0.1) is 5.71 Å². The molecule has 0 amide bonds. The summed E-state index contributed by atoms with van der Waals surface area (Å²) in [7, 11) is 0. The first kappa shape index (κ1) is 8.72. The molecule has 3 nitrogen and oxygen atoms in total. The van der Waals surface area contributed by atoms with Gasteiger partial charge in [-0.15, -0.1) is 0 Å². The van der Waals surface area contributed by atoms with E-state index in [1.54, 1.807) is 0 Å². The lowest BCUT2D eigenvalue weighted by Crippen LogP contribution is -2.08. The summed E-state index contributed by atoms with van der Waals surface area (Å²) in [6.07, 6.45) is 0.529. The Kier molecular flexibility index (Phi) is 4.44. The molecule has 0 bridgehead atoms. The van der Waals surface area contributed by atoms with Crippen LogP contribution in [0, 0.1) is 0 Å². The van der Waals surface area contributed by atoms with Crippen molar-refractivity contribution >= 4 is 35.2 Å². The highest BCUT2D eigenvalue weighted by atomic mass is 35.5. The van der Waals surface area contributed by atoms with Crippen molar-refractivity contribution in [3.63, 3.8) is 0 Å². The molecule has 0 aliphatic carbocycles.